The highest BCUT2D eigenvalue weighted by molar-refractivity contribution is 5.74. The molecule has 2 rings (SSSR count). The van der Waals surface area contributed by atoms with Crippen LogP contribution < -0.4 is 14.8 Å². The molecule has 0 radical (unpaired) electrons. The summed E-state index contributed by atoms with van der Waals surface area (Å²) in [6.07, 6.45) is 1.70. The summed E-state index contributed by atoms with van der Waals surface area (Å²) < 4.78 is 10.7. The van der Waals surface area contributed by atoms with Crippen molar-refractivity contribution in [2.45, 2.75) is 19.3 Å². The van der Waals surface area contributed by atoms with Crippen LogP contribution in [0.5, 0.6) is 11.5 Å². The van der Waals surface area contributed by atoms with Crippen molar-refractivity contribution >= 4 is 6.03 Å². The van der Waals surface area contributed by atoms with Crippen LogP contribution >= 0.6 is 0 Å². The average molecular weight is 290 g/mol. The molecule has 5 nitrogen and oxygen atoms in total. The molecular formula is C16H22N2O3. The van der Waals surface area contributed by atoms with Gasteiger partial charge in [-0.15, -0.1) is 6.58 Å². The minimum atomic E-state index is -0.203. The van der Waals surface area contributed by atoms with Crippen molar-refractivity contribution in [2.75, 3.05) is 26.9 Å². The Kier molecular flexibility index (Phi) is 4.40. The van der Waals surface area contributed by atoms with E-state index < -0.39 is 0 Å². The Balaban J connectivity index is 2.01. The Hall–Kier alpha value is -2.17. The van der Waals surface area contributed by atoms with Crippen molar-refractivity contribution in [3.8, 4) is 11.5 Å². The van der Waals surface area contributed by atoms with Gasteiger partial charge in [-0.05, 0) is 17.7 Å². The van der Waals surface area contributed by atoms with E-state index >= 15 is 0 Å². The first-order valence-corrected chi connectivity index (χ1v) is 6.94. The van der Waals surface area contributed by atoms with Crippen LogP contribution in [0.2, 0.25) is 0 Å². The summed E-state index contributed by atoms with van der Waals surface area (Å²) in [5.41, 5.74) is 0.893. The van der Waals surface area contributed by atoms with Gasteiger partial charge in [0.05, 0.1) is 0 Å². The summed E-state index contributed by atoms with van der Waals surface area (Å²) in [4.78, 5) is 13.5. The van der Waals surface area contributed by atoms with Crippen molar-refractivity contribution in [1.82, 2.24) is 10.2 Å². The van der Waals surface area contributed by atoms with Crippen molar-refractivity contribution in [2.24, 2.45) is 0 Å². The monoisotopic (exact) mass is 290 g/mol. The van der Waals surface area contributed by atoms with Crippen molar-refractivity contribution < 1.29 is 14.3 Å². The predicted molar refractivity (Wildman–Crippen MR) is 81.8 cm³/mol. The smallest absolute Gasteiger partial charge is 0.317 e. The van der Waals surface area contributed by atoms with E-state index in [-0.39, 0.29) is 18.2 Å². The third kappa shape index (κ3) is 3.48. The zero-order chi connectivity index (χ0) is 15.5. The fourth-order valence-corrected chi connectivity index (χ4v) is 2.13. The van der Waals surface area contributed by atoms with Crippen LogP contribution in [0.25, 0.3) is 0 Å². The molecule has 2 amide bonds. The third-order valence-corrected chi connectivity index (χ3v) is 3.59. The first-order valence-electron chi connectivity index (χ1n) is 6.94. The molecule has 21 heavy (non-hydrogen) atoms. The minimum Gasteiger partial charge on any atom is -0.454 e. The van der Waals surface area contributed by atoms with E-state index in [1.165, 1.54) is 0 Å². The van der Waals surface area contributed by atoms with Gasteiger partial charge in [0.1, 0.15) is 0 Å². The molecule has 0 saturated carbocycles. The largest absolute Gasteiger partial charge is 0.454 e. The maximum atomic E-state index is 11.9. The fourth-order valence-electron chi connectivity index (χ4n) is 2.13. The number of ether oxygens (including phenoxy) is 2. The maximum Gasteiger partial charge on any atom is 0.317 e. The Morgan fingerprint density at radius 3 is 2.86 bits per heavy atom. The van der Waals surface area contributed by atoms with Gasteiger partial charge in [0.15, 0.2) is 11.5 Å². The number of urea groups is 1. The number of rotatable bonds is 5. The molecule has 0 bridgehead atoms. The molecule has 114 valence electrons. The van der Waals surface area contributed by atoms with Gasteiger partial charge in [0.2, 0.25) is 6.79 Å². The van der Waals surface area contributed by atoms with Crippen LogP contribution in [0.3, 0.4) is 0 Å². The molecule has 1 heterocycles. The predicted octanol–water partition coefficient (Wildman–Crippen LogP) is 2.52. The summed E-state index contributed by atoms with van der Waals surface area (Å²) >= 11 is 0. The highest BCUT2D eigenvalue weighted by Gasteiger charge is 2.25. The number of hydrogen-bond donors (Lipinski definition) is 1. The Morgan fingerprint density at radius 2 is 2.14 bits per heavy atom. The van der Waals surface area contributed by atoms with E-state index in [4.69, 9.17) is 9.47 Å². The standard InChI is InChI=1S/C16H22N2O3/c1-5-8-18(4)15(19)17-10-16(2,3)12-6-7-13-14(9-12)21-11-20-13/h5-7,9H,1,8,10-11H2,2-4H3,(H,17,19). The summed E-state index contributed by atoms with van der Waals surface area (Å²) in [6.45, 7) is 9.11. The molecule has 0 spiro atoms. The van der Waals surface area contributed by atoms with Gasteiger partial charge >= 0.3 is 6.03 Å². The number of benzene rings is 1. The number of nitrogens with one attached hydrogen (secondary N) is 1. The topological polar surface area (TPSA) is 50.8 Å². The molecule has 0 aliphatic carbocycles. The van der Waals surface area contributed by atoms with Gasteiger partial charge in [0.25, 0.3) is 0 Å². The van der Waals surface area contributed by atoms with Crippen molar-refractivity contribution in [3.63, 3.8) is 0 Å². The first-order chi connectivity index (χ1) is 9.94. The van der Waals surface area contributed by atoms with E-state index in [0.29, 0.717) is 13.1 Å². The van der Waals surface area contributed by atoms with Gasteiger partial charge in [-0.3, -0.25) is 0 Å². The van der Waals surface area contributed by atoms with E-state index in [9.17, 15) is 4.79 Å². The maximum absolute atomic E-state index is 11.9. The normalized spacial score (nSPS) is 12.9. The zero-order valence-electron chi connectivity index (χ0n) is 12.8. The van der Waals surface area contributed by atoms with E-state index in [1.54, 1.807) is 18.0 Å². The number of hydrogen-bond acceptors (Lipinski definition) is 3. The van der Waals surface area contributed by atoms with Gasteiger partial charge < -0.3 is 19.7 Å². The lowest BCUT2D eigenvalue weighted by atomic mass is 9.84. The Bertz CT molecular complexity index is 540. The van der Waals surface area contributed by atoms with Crippen LogP contribution in [0.15, 0.2) is 30.9 Å². The van der Waals surface area contributed by atoms with Gasteiger partial charge in [0, 0.05) is 25.6 Å². The van der Waals surface area contributed by atoms with Gasteiger partial charge in [-0.2, -0.15) is 0 Å². The third-order valence-electron chi connectivity index (χ3n) is 3.59. The molecule has 1 aliphatic rings. The zero-order valence-corrected chi connectivity index (χ0v) is 12.8. The number of carbonyl (C=O) groups is 1. The second-order valence-corrected chi connectivity index (χ2v) is 5.78. The lowest BCUT2D eigenvalue weighted by molar-refractivity contribution is 0.174. The van der Waals surface area contributed by atoms with Gasteiger partial charge in [-0.1, -0.05) is 26.0 Å². The van der Waals surface area contributed by atoms with Crippen LogP contribution in [-0.4, -0.2) is 37.9 Å². The highest BCUT2D eigenvalue weighted by Crippen LogP contribution is 2.36. The Labute approximate surface area is 125 Å². The van der Waals surface area contributed by atoms with Crippen LogP contribution in [0.4, 0.5) is 4.79 Å². The van der Waals surface area contributed by atoms with E-state index in [2.05, 4.69) is 25.7 Å². The summed E-state index contributed by atoms with van der Waals surface area (Å²) in [5.74, 6) is 1.53. The highest BCUT2D eigenvalue weighted by atomic mass is 16.7. The number of fused-ring (bicyclic) bond motifs is 1. The number of amides is 2. The lowest BCUT2D eigenvalue weighted by Crippen LogP contribution is -2.43. The molecule has 1 aliphatic heterocycles. The average Bonchev–Trinajstić information content (AvgIpc) is 2.92. The summed E-state index contributed by atoms with van der Waals surface area (Å²) in [6, 6.07) is 5.78. The number of carbonyl (C=O) groups excluding carboxylic acids is 1. The molecule has 0 atom stereocenters. The quantitative estimate of drug-likeness (QED) is 0.848. The molecule has 0 aromatic heterocycles. The number of nitrogens with zero attached hydrogens (tertiary/aromatic N) is 1. The van der Waals surface area contributed by atoms with Crippen LogP contribution in [-0.2, 0) is 5.41 Å². The van der Waals surface area contributed by atoms with Crippen molar-refractivity contribution in [1.29, 1.82) is 0 Å². The first kappa shape index (κ1) is 15.2. The van der Waals surface area contributed by atoms with E-state index in [0.717, 1.165) is 17.1 Å². The summed E-state index contributed by atoms with van der Waals surface area (Å²) in [5, 5.41) is 2.94. The van der Waals surface area contributed by atoms with Crippen LogP contribution in [0, 0.1) is 0 Å². The molecule has 0 saturated heterocycles. The summed E-state index contributed by atoms with van der Waals surface area (Å²) in [7, 11) is 1.74. The number of likely N-dealkylation sites (N-methyl/N-ethyl adjacent to an activating group) is 1. The second kappa shape index (κ2) is 6.08. The minimum absolute atomic E-state index is 0.108. The Morgan fingerprint density at radius 1 is 1.43 bits per heavy atom. The molecule has 1 aromatic carbocycles. The molecule has 0 fully saturated rings. The van der Waals surface area contributed by atoms with Crippen molar-refractivity contribution in [3.05, 3.63) is 36.4 Å². The molecular weight excluding hydrogens is 268 g/mol. The molecule has 1 aromatic rings. The van der Waals surface area contributed by atoms with Crippen LogP contribution in [0.1, 0.15) is 19.4 Å². The van der Waals surface area contributed by atoms with Gasteiger partial charge in [-0.25, -0.2) is 4.79 Å². The lowest BCUT2D eigenvalue weighted by Gasteiger charge is -2.27. The molecule has 1 N–H and O–H groups in total. The SMILES string of the molecule is C=CCN(C)C(=O)NCC(C)(C)c1ccc2c(c1)OCO2. The fraction of sp³-hybridized carbons (Fsp3) is 0.438. The second-order valence-electron chi connectivity index (χ2n) is 5.78. The van der Waals surface area contributed by atoms with E-state index in [1.807, 2.05) is 18.2 Å². The molecule has 0 unspecified atom stereocenters. The molecule has 5 heteroatoms.